The molecule has 2 rings (SSSR count). The van der Waals surface area contributed by atoms with Crippen LogP contribution in [0.5, 0.6) is 0 Å². The van der Waals surface area contributed by atoms with Gasteiger partial charge in [0.25, 0.3) is 0 Å². The quantitative estimate of drug-likeness (QED) is 0.627. The van der Waals surface area contributed by atoms with E-state index in [1.165, 1.54) is 18.0 Å². The molecule has 2 aromatic carbocycles. The fourth-order valence-electron chi connectivity index (χ4n) is 2.52. The van der Waals surface area contributed by atoms with E-state index in [9.17, 15) is 13.2 Å². The topological polar surface area (TPSA) is 63.2 Å². The van der Waals surface area contributed by atoms with E-state index in [1.54, 1.807) is 42.5 Å². The van der Waals surface area contributed by atoms with E-state index in [1.807, 2.05) is 6.92 Å². The Labute approximate surface area is 174 Å². The SMILES string of the molecule is CC[C@H](NC(=O)CSCc1c(Cl)cccc1Cl)c1ccc(S(C)(=O)=O)cc1. The lowest BCUT2D eigenvalue weighted by molar-refractivity contribution is -0.119. The maximum Gasteiger partial charge on any atom is 0.230 e. The molecular weight excluding hydrogens is 425 g/mol. The van der Waals surface area contributed by atoms with Gasteiger partial charge in [-0.1, -0.05) is 48.3 Å². The van der Waals surface area contributed by atoms with Crippen LogP contribution in [0.4, 0.5) is 0 Å². The molecule has 0 aromatic heterocycles. The van der Waals surface area contributed by atoms with Crippen LogP contribution in [0.15, 0.2) is 47.4 Å². The summed E-state index contributed by atoms with van der Waals surface area (Å²) in [5, 5.41) is 4.16. The fourth-order valence-corrected chi connectivity index (χ4v) is 4.73. The van der Waals surface area contributed by atoms with Crippen molar-refractivity contribution in [2.45, 2.75) is 30.0 Å². The van der Waals surface area contributed by atoms with E-state index in [0.29, 0.717) is 22.2 Å². The van der Waals surface area contributed by atoms with Crippen molar-refractivity contribution >= 4 is 50.7 Å². The van der Waals surface area contributed by atoms with Crippen molar-refractivity contribution < 1.29 is 13.2 Å². The highest BCUT2D eigenvalue weighted by Gasteiger charge is 2.15. The van der Waals surface area contributed by atoms with Gasteiger partial charge in [0.2, 0.25) is 5.91 Å². The fraction of sp³-hybridized carbons (Fsp3) is 0.316. The smallest absolute Gasteiger partial charge is 0.230 e. The normalized spacial score (nSPS) is 12.6. The molecule has 27 heavy (non-hydrogen) atoms. The van der Waals surface area contributed by atoms with Crippen LogP contribution in [-0.2, 0) is 20.4 Å². The Morgan fingerprint density at radius 3 is 2.22 bits per heavy atom. The number of nitrogens with one attached hydrogen (secondary N) is 1. The van der Waals surface area contributed by atoms with Crippen molar-refractivity contribution in [3.63, 3.8) is 0 Å². The molecule has 0 saturated carbocycles. The lowest BCUT2D eigenvalue weighted by Gasteiger charge is -2.18. The Kier molecular flexibility index (Phi) is 8.04. The molecule has 146 valence electrons. The largest absolute Gasteiger partial charge is 0.349 e. The molecule has 0 spiro atoms. The van der Waals surface area contributed by atoms with Gasteiger partial charge in [0.15, 0.2) is 9.84 Å². The highest BCUT2D eigenvalue weighted by atomic mass is 35.5. The van der Waals surface area contributed by atoms with E-state index in [4.69, 9.17) is 23.2 Å². The minimum absolute atomic E-state index is 0.0952. The first-order chi connectivity index (χ1) is 12.7. The highest BCUT2D eigenvalue weighted by Crippen LogP contribution is 2.28. The van der Waals surface area contributed by atoms with Gasteiger partial charge in [-0.2, -0.15) is 0 Å². The molecule has 0 unspecified atom stereocenters. The summed E-state index contributed by atoms with van der Waals surface area (Å²) in [6, 6.07) is 11.8. The molecule has 1 amide bonds. The summed E-state index contributed by atoms with van der Waals surface area (Å²) in [6.45, 7) is 1.96. The lowest BCUT2D eigenvalue weighted by atomic mass is 10.0. The number of halogens is 2. The minimum Gasteiger partial charge on any atom is -0.349 e. The molecule has 0 aliphatic heterocycles. The van der Waals surface area contributed by atoms with Gasteiger partial charge in [0.1, 0.15) is 0 Å². The van der Waals surface area contributed by atoms with Crippen molar-refractivity contribution in [3.05, 3.63) is 63.6 Å². The number of sulfone groups is 1. The van der Waals surface area contributed by atoms with Crippen LogP contribution in [0.3, 0.4) is 0 Å². The number of carbonyl (C=O) groups excluding carboxylic acids is 1. The van der Waals surface area contributed by atoms with Crippen LogP contribution in [-0.4, -0.2) is 26.3 Å². The summed E-state index contributed by atoms with van der Waals surface area (Å²) in [7, 11) is -3.23. The lowest BCUT2D eigenvalue weighted by Crippen LogP contribution is -2.29. The molecule has 1 atom stereocenters. The van der Waals surface area contributed by atoms with Crippen molar-refractivity contribution in [2.24, 2.45) is 0 Å². The van der Waals surface area contributed by atoms with Crippen molar-refractivity contribution in [3.8, 4) is 0 Å². The number of benzene rings is 2. The van der Waals surface area contributed by atoms with Crippen LogP contribution in [0.1, 0.15) is 30.5 Å². The minimum atomic E-state index is -3.23. The first-order valence-electron chi connectivity index (χ1n) is 8.32. The zero-order valence-electron chi connectivity index (χ0n) is 15.0. The van der Waals surface area contributed by atoms with Crippen LogP contribution in [0.2, 0.25) is 10.0 Å². The molecule has 0 aliphatic rings. The van der Waals surface area contributed by atoms with E-state index < -0.39 is 9.84 Å². The molecule has 0 heterocycles. The maximum absolute atomic E-state index is 12.3. The zero-order valence-corrected chi connectivity index (χ0v) is 18.2. The van der Waals surface area contributed by atoms with E-state index in [0.717, 1.165) is 11.1 Å². The van der Waals surface area contributed by atoms with Crippen LogP contribution < -0.4 is 5.32 Å². The third-order valence-corrected chi connectivity index (χ3v) is 6.79. The number of carbonyl (C=O) groups is 1. The molecule has 1 N–H and O–H groups in total. The van der Waals surface area contributed by atoms with Gasteiger partial charge in [0.05, 0.1) is 16.7 Å². The molecule has 0 radical (unpaired) electrons. The Balaban J connectivity index is 1.93. The number of rotatable bonds is 8. The Morgan fingerprint density at radius 2 is 1.70 bits per heavy atom. The van der Waals surface area contributed by atoms with Crippen molar-refractivity contribution in [1.82, 2.24) is 5.32 Å². The molecule has 0 fully saturated rings. The zero-order chi connectivity index (χ0) is 20.0. The predicted molar refractivity (Wildman–Crippen MR) is 113 cm³/mol. The Morgan fingerprint density at radius 1 is 1.11 bits per heavy atom. The molecule has 4 nitrogen and oxygen atoms in total. The van der Waals surface area contributed by atoms with Crippen LogP contribution in [0, 0.1) is 0 Å². The van der Waals surface area contributed by atoms with Gasteiger partial charge in [-0.15, -0.1) is 11.8 Å². The maximum atomic E-state index is 12.3. The van der Waals surface area contributed by atoms with Crippen LogP contribution in [0.25, 0.3) is 0 Å². The van der Waals surface area contributed by atoms with Crippen molar-refractivity contribution in [2.75, 3.05) is 12.0 Å². The first-order valence-corrected chi connectivity index (χ1v) is 12.1. The van der Waals surface area contributed by atoms with Crippen LogP contribution >= 0.6 is 35.0 Å². The molecule has 2 aromatic rings. The van der Waals surface area contributed by atoms with Gasteiger partial charge in [0, 0.05) is 22.1 Å². The second kappa shape index (κ2) is 9.82. The van der Waals surface area contributed by atoms with Gasteiger partial charge in [-0.3, -0.25) is 4.79 Å². The Bertz CT molecular complexity index is 879. The second-order valence-corrected chi connectivity index (χ2v) is 9.88. The van der Waals surface area contributed by atoms with Gasteiger partial charge < -0.3 is 5.32 Å². The number of hydrogen-bond acceptors (Lipinski definition) is 4. The standard InChI is InChI=1S/C19H21Cl2NO3S2/c1-3-18(13-7-9-14(10-8-13)27(2,24)25)22-19(23)12-26-11-15-16(20)5-4-6-17(15)21/h4-10,18H,3,11-12H2,1-2H3,(H,22,23)/t18-/m0/s1. The summed E-state index contributed by atoms with van der Waals surface area (Å²) in [5.74, 6) is 0.729. The van der Waals surface area contributed by atoms with Crippen molar-refractivity contribution in [1.29, 1.82) is 0 Å². The third-order valence-electron chi connectivity index (χ3n) is 4.00. The molecule has 0 aliphatic carbocycles. The van der Waals surface area contributed by atoms with E-state index in [2.05, 4.69) is 5.32 Å². The third kappa shape index (κ3) is 6.42. The average Bonchev–Trinajstić information content (AvgIpc) is 2.61. The first kappa shape index (κ1) is 22.1. The average molecular weight is 446 g/mol. The molecular formula is C19H21Cl2NO3S2. The summed E-state index contributed by atoms with van der Waals surface area (Å²) < 4.78 is 23.1. The number of hydrogen-bond donors (Lipinski definition) is 1. The predicted octanol–water partition coefficient (Wildman–Crippen LogP) is 4.90. The molecule has 0 saturated heterocycles. The molecule has 8 heteroatoms. The van der Waals surface area contributed by atoms with Gasteiger partial charge in [-0.05, 0) is 41.8 Å². The van der Waals surface area contributed by atoms with Gasteiger partial charge >= 0.3 is 0 Å². The van der Waals surface area contributed by atoms with E-state index in [-0.39, 0.29) is 22.6 Å². The Hall–Kier alpha value is -1.21. The number of thioether (sulfide) groups is 1. The number of amides is 1. The summed E-state index contributed by atoms with van der Waals surface area (Å²) in [6.07, 6.45) is 1.87. The monoisotopic (exact) mass is 445 g/mol. The summed E-state index contributed by atoms with van der Waals surface area (Å²) in [4.78, 5) is 12.5. The second-order valence-electron chi connectivity index (χ2n) is 6.06. The van der Waals surface area contributed by atoms with Gasteiger partial charge in [-0.25, -0.2) is 8.42 Å². The highest BCUT2D eigenvalue weighted by molar-refractivity contribution is 7.99. The van der Waals surface area contributed by atoms with E-state index >= 15 is 0 Å². The molecule has 0 bridgehead atoms. The summed E-state index contributed by atoms with van der Waals surface area (Å²) in [5.41, 5.74) is 1.69. The summed E-state index contributed by atoms with van der Waals surface area (Å²) >= 11 is 13.7.